The minimum atomic E-state index is -0.507. The molecule has 0 bridgehead atoms. The zero-order valence-electron chi connectivity index (χ0n) is 15.5. The molecule has 5 nitrogen and oxygen atoms in total. The van der Waals surface area contributed by atoms with Crippen molar-refractivity contribution in [2.45, 2.75) is 95.9 Å². The maximum Gasteiger partial charge on any atom is 0.237 e. The number of hydrogen-bond donors (Lipinski definition) is 3. The van der Waals surface area contributed by atoms with Crippen LogP contribution in [0.4, 0.5) is 0 Å². The van der Waals surface area contributed by atoms with Gasteiger partial charge in [-0.05, 0) is 45.1 Å². The second kappa shape index (κ2) is 9.73. The SMILES string of the molecule is CCCN1C[C@H](O)[C@@H](NC(=O)C(N)CC2CCCCC2)CC[C@H]1C. The van der Waals surface area contributed by atoms with Crippen molar-refractivity contribution in [3.05, 3.63) is 0 Å². The lowest BCUT2D eigenvalue weighted by molar-refractivity contribution is -0.124. The maximum absolute atomic E-state index is 12.5. The highest BCUT2D eigenvalue weighted by Crippen LogP contribution is 2.27. The molecule has 0 aromatic carbocycles. The molecule has 1 unspecified atom stereocenters. The van der Waals surface area contributed by atoms with Crippen LogP contribution < -0.4 is 11.1 Å². The summed E-state index contributed by atoms with van der Waals surface area (Å²) in [4.78, 5) is 14.8. The number of hydrogen-bond acceptors (Lipinski definition) is 4. The van der Waals surface area contributed by atoms with Crippen LogP contribution in [0.3, 0.4) is 0 Å². The summed E-state index contributed by atoms with van der Waals surface area (Å²) in [6.45, 7) is 6.01. The Morgan fingerprint density at radius 2 is 1.96 bits per heavy atom. The van der Waals surface area contributed by atoms with Crippen LogP contribution in [0.5, 0.6) is 0 Å². The molecule has 2 aliphatic rings. The summed E-state index contributed by atoms with van der Waals surface area (Å²) in [5, 5.41) is 13.6. The summed E-state index contributed by atoms with van der Waals surface area (Å²) in [7, 11) is 0. The fourth-order valence-electron chi connectivity index (χ4n) is 4.29. The topological polar surface area (TPSA) is 78.6 Å². The summed E-state index contributed by atoms with van der Waals surface area (Å²) >= 11 is 0. The van der Waals surface area contributed by atoms with Crippen LogP contribution >= 0.6 is 0 Å². The first kappa shape index (κ1) is 19.7. The van der Waals surface area contributed by atoms with Gasteiger partial charge in [-0.25, -0.2) is 0 Å². The maximum atomic E-state index is 12.5. The predicted molar refractivity (Wildman–Crippen MR) is 97.7 cm³/mol. The minimum absolute atomic E-state index is 0.0822. The Morgan fingerprint density at radius 1 is 1.25 bits per heavy atom. The number of amides is 1. The van der Waals surface area contributed by atoms with Crippen molar-refractivity contribution in [2.24, 2.45) is 11.7 Å². The second-order valence-electron chi connectivity index (χ2n) is 7.95. The smallest absolute Gasteiger partial charge is 0.237 e. The molecule has 1 saturated heterocycles. The van der Waals surface area contributed by atoms with Crippen LogP contribution in [0.25, 0.3) is 0 Å². The Labute approximate surface area is 147 Å². The average Bonchev–Trinajstić information content (AvgIpc) is 2.69. The summed E-state index contributed by atoms with van der Waals surface area (Å²) < 4.78 is 0. The molecule has 2 rings (SSSR count). The highest BCUT2D eigenvalue weighted by atomic mass is 16.3. The number of nitrogens with one attached hydrogen (secondary N) is 1. The molecule has 0 spiro atoms. The van der Waals surface area contributed by atoms with Gasteiger partial charge in [-0.15, -0.1) is 0 Å². The summed E-state index contributed by atoms with van der Waals surface area (Å²) in [6.07, 6.45) is 9.45. The van der Waals surface area contributed by atoms with Crippen molar-refractivity contribution >= 4 is 5.91 Å². The van der Waals surface area contributed by atoms with Crippen molar-refractivity contribution in [2.75, 3.05) is 13.1 Å². The van der Waals surface area contributed by atoms with Gasteiger partial charge in [0.15, 0.2) is 0 Å². The van der Waals surface area contributed by atoms with Gasteiger partial charge in [0.05, 0.1) is 18.2 Å². The van der Waals surface area contributed by atoms with E-state index in [1.165, 1.54) is 32.1 Å². The van der Waals surface area contributed by atoms with Gasteiger partial charge in [0.1, 0.15) is 0 Å². The van der Waals surface area contributed by atoms with Crippen molar-refractivity contribution < 1.29 is 9.90 Å². The Balaban J connectivity index is 1.83. The van der Waals surface area contributed by atoms with Crippen LogP contribution in [-0.4, -0.2) is 53.2 Å². The van der Waals surface area contributed by atoms with E-state index in [9.17, 15) is 9.90 Å². The standard InChI is InChI=1S/C19H37N3O2/c1-3-11-22-13-18(23)17(10-9-14(22)2)21-19(24)16(20)12-15-7-5-4-6-8-15/h14-18,23H,3-13,20H2,1-2H3,(H,21,24)/t14-,16?,17+,18+/m1/s1. The summed E-state index contributed by atoms with van der Waals surface area (Å²) in [5.41, 5.74) is 6.15. The van der Waals surface area contributed by atoms with E-state index in [1.54, 1.807) is 0 Å². The van der Waals surface area contributed by atoms with E-state index in [0.717, 1.165) is 32.2 Å². The second-order valence-corrected chi connectivity index (χ2v) is 7.95. The molecule has 4 N–H and O–H groups in total. The fraction of sp³-hybridized carbons (Fsp3) is 0.947. The zero-order valence-corrected chi connectivity index (χ0v) is 15.5. The van der Waals surface area contributed by atoms with E-state index in [0.29, 0.717) is 18.5 Å². The number of likely N-dealkylation sites (tertiary alicyclic amines) is 1. The van der Waals surface area contributed by atoms with Crippen LogP contribution in [0.2, 0.25) is 0 Å². The fourth-order valence-corrected chi connectivity index (χ4v) is 4.29. The molecule has 4 atom stereocenters. The van der Waals surface area contributed by atoms with Gasteiger partial charge < -0.3 is 16.2 Å². The van der Waals surface area contributed by atoms with E-state index in [-0.39, 0.29) is 11.9 Å². The highest BCUT2D eigenvalue weighted by molar-refractivity contribution is 5.81. The zero-order chi connectivity index (χ0) is 17.5. The molecular formula is C19H37N3O2. The van der Waals surface area contributed by atoms with E-state index >= 15 is 0 Å². The van der Waals surface area contributed by atoms with Crippen LogP contribution in [0.1, 0.15) is 71.6 Å². The first-order valence-electron chi connectivity index (χ1n) is 9.99. The van der Waals surface area contributed by atoms with E-state index in [2.05, 4.69) is 24.1 Å². The number of aliphatic hydroxyl groups is 1. The third kappa shape index (κ3) is 5.71. The number of aliphatic hydroxyl groups excluding tert-OH is 1. The monoisotopic (exact) mass is 339 g/mol. The molecule has 1 saturated carbocycles. The number of nitrogens with two attached hydrogens (primary N) is 1. The van der Waals surface area contributed by atoms with Crippen LogP contribution in [0, 0.1) is 5.92 Å². The third-order valence-corrected chi connectivity index (χ3v) is 5.89. The molecule has 5 heteroatoms. The van der Waals surface area contributed by atoms with Crippen molar-refractivity contribution in [3.8, 4) is 0 Å². The third-order valence-electron chi connectivity index (χ3n) is 5.89. The number of carbonyl (C=O) groups excluding carboxylic acids is 1. The molecule has 0 aromatic rings. The molecule has 2 fully saturated rings. The Hall–Kier alpha value is -0.650. The number of nitrogens with zero attached hydrogens (tertiary/aromatic N) is 1. The molecule has 0 radical (unpaired) electrons. The Bertz CT molecular complexity index is 385. The minimum Gasteiger partial charge on any atom is -0.390 e. The van der Waals surface area contributed by atoms with Gasteiger partial charge in [-0.2, -0.15) is 0 Å². The van der Waals surface area contributed by atoms with E-state index in [1.807, 2.05) is 0 Å². The highest BCUT2D eigenvalue weighted by Gasteiger charge is 2.31. The molecule has 1 heterocycles. The Kier molecular flexibility index (Phi) is 7.98. The van der Waals surface area contributed by atoms with Gasteiger partial charge in [-0.1, -0.05) is 39.0 Å². The number of carbonyl (C=O) groups is 1. The van der Waals surface area contributed by atoms with E-state index in [4.69, 9.17) is 5.73 Å². The van der Waals surface area contributed by atoms with E-state index < -0.39 is 12.1 Å². The van der Waals surface area contributed by atoms with Gasteiger partial charge in [0.25, 0.3) is 0 Å². The average molecular weight is 340 g/mol. The predicted octanol–water partition coefficient (Wildman–Crippen LogP) is 2.02. The lowest BCUT2D eigenvalue weighted by atomic mass is 9.85. The van der Waals surface area contributed by atoms with Crippen molar-refractivity contribution in [1.29, 1.82) is 0 Å². The van der Waals surface area contributed by atoms with Crippen LogP contribution in [-0.2, 0) is 4.79 Å². The first-order chi connectivity index (χ1) is 11.5. The first-order valence-corrected chi connectivity index (χ1v) is 9.99. The number of rotatable bonds is 6. The van der Waals surface area contributed by atoms with Gasteiger partial charge in [0.2, 0.25) is 5.91 Å². The normalized spacial score (nSPS) is 31.4. The van der Waals surface area contributed by atoms with Crippen molar-refractivity contribution in [1.82, 2.24) is 10.2 Å². The number of β-amino-alcohol motifs (C(OH)–C–C–N with tert-alkyl or cyclic N) is 1. The molecular weight excluding hydrogens is 302 g/mol. The van der Waals surface area contributed by atoms with Gasteiger partial charge in [0, 0.05) is 12.6 Å². The van der Waals surface area contributed by atoms with Gasteiger partial charge in [-0.3, -0.25) is 9.69 Å². The van der Waals surface area contributed by atoms with Crippen molar-refractivity contribution in [3.63, 3.8) is 0 Å². The summed E-state index contributed by atoms with van der Waals surface area (Å²) in [5.74, 6) is 0.514. The largest absolute Gasteiger partial charge is 0.390 e. The van der Waals surface area contributed by atoms with Gasteiger partial charge >= 0.3 is 0 Å². The quantitative estimate of drug-likeness (QED) is 0.692. The van der Waals surface area contributed by atoms with Crippen LogP contribution in [0.15, 0.2) is 0 Å². The molecule has 1 amide bonds. The molecule has 1 aliphatic heterocycles. The lowest BCUT2D eigenvalue weighted by Gasteiger charge is -2.29. The molecule has 24 heavy (non-hydrogen) atoms. The Morgan fingerprint density at radius 3 is 2.62 bits per heavy atom. The molecule has 140 valence electrons. The molecule has 0 aromatic heterocycles. The lowest BCUT2D eigenvalue weighted by Crippen LogP contribution is -2.51. The summed E-state index contributed by atoms with van der Waals surface area (Å²) in [6, 6.07) is -0.149. The molecule has 1 aliphatic carbocycles.